The normalized spacial score (nSPS) is 20.3. The number of hydrogen-bond donors (Lipinski definition) is 2. The van der Waals surface area contributed by atoms with E-state index in [-0.39, 0.29) is 6.54 Å². The van der Waals surface area contributed by atoms with Crippen LogP contribution in [0.25, 0.3) is 0 Å². The van der Waals surface area contributed by atoms with Crippen LogP contribution >= 0.6 is 0 Å². The molecule has 2 rings (SSSR count). The number of carbonyl (C=O) groups is 1. The van der Waals surface area contributed by atoms with Crippen molar-refractivity contribution in [1.29, 1.82) is 0 Å². The quantitative estimate of drug-likeness (QED) is 0.815. The molecule has 0 aliphatic carbocycles. The number of carboxylic acid groups (broad SMARTS) is 1. The number of nitrogens with one attached hydrogen (secondary N) is 1. The first-order valence-electron chi connectivity index (χ1n) is 7.00. The number of rotatable bonds is 6. The summed E-state index contributed by atoms with van der Waals surface area (Å²) in [5.74, 6) is -1.54. The first kappa shape index (κ1) is 15.9. The summed E-state index contributed by atoms with van der Waals surface area (Å²) in [7, 11) is -3.60. The summed E-state index contributed by atoms with van der Waals surface area (Å²) in [6, 6.07) is 9.61. The standard InChI is InChI=1S/C14H20N2O4S/c17-14(18)13-7-4-10-16(11-13)21(19,20)15-9-8-12-5-2-1-3-6-12/h1-3,5-6,13,15H,4,7-11H2,(H,17,18). The van der Waals surface area contributed by atoms with Crippen molar-refractivity contribution < 1.29 is 18.3 Å². The minimum Gasteiger partial charge on any atom is -0.481 e. The van der Waals surface area contributed by atoms with Gasteiger partial charge in [-0.25, -0.2) is 4.72 Å². The van der Waals surface area contributed by atoms with Gasteiger partial charge in [-0.2, -0.15) is 12.7 Å². The zero-order valence-corrected chi connectivity index (χ0v) is 12.6. The van der Waals surface area contributed by atoms with Gasteiger partial charge in [-0.15, -0.1) is 0 Å². The summed E-state index contributed by atoms with van der Waals surface area (Å²) >= 11 is 0. The monoisotopic (exact) mass is 312 g/mol. The van der Waals surface area contributed by atoms with E-state index in [1.807, 2.05) is 30.3 Å². The lowest BCUT2D eigenvalue weighted by molar-refractivity contribution is -0.142. The molecule has 0 radical (unpaired) electrons. The lowest BCUT2D eigenvalue weighted by atomic mass is 10.0. The Kier molecular flexibility index (Phi) is 5.33. The number of nitrogens with zero attached hydrogens (tertiary/aromatic N) is 1. The van der Waals surface area contributed by atoms with Gasteiger partial charge in [-0.1, -0.05) is 30.3 Å². The predicted octanol–water partition coefficient (Wildman–Crippen LogP) is 0.860. The Morgan fingerprint density at radius 3 is 2.71 bits per heavy atom. The molecule has 116 valence electrons. The Morgan fingerprint density at radius 2 is 2.05 bits per heavy atom. The van der Waals surface area contributed by atoms with Crippen molar-refractivity contribution in [2.45, 2.75) is 19.3 Å². The first-order valence-corrected chi connectivity index (χ1v) is 8.44. The smallest absolute Gasteiger partial charge is 0.307 e. The third-order valence-corrected chi connectivity index (χ3v) is 5.19. The van der Waals surface area contributed by atoms with Gasteiger partial charge in [0.25, 0.3) is 10.2 Å². The van der Waals surface area contributed by atoms with Crippen molar-refractivity contribution in [3.63, 3.8) is 0 Å². The number of piperidine rings is 1. The van der Waals surface area contributed by atoms with Crippen LogP contribution in [0.4, 0.5) is 0 Å². The second kappa shape index (κ2) is 7.02. The van der Waals surface area contributed by atoms with Gasteiger partial charge in [-0.3, -0.25) is 4.79 Å². The van der Waals surface area contributed by atoms with Gasteiger partial charge < -0.3 is 5.11 Å². The Hall–Kier alpha value is -1.44. The highest BCUT2D eigenvalue weighted by atomic mass is 32.2. The van der Waals surface area contributed by atoms with Crippen LogP contribution in [0.3, 0.4) is 0 Å². The molecule has 1 aliphatic heterocycles. The van der Waals surface area contributed by atoms with Crippen LogP contribution in [0.1, 0.15) is 18.4 Å². The summed E-state index contributed by atoms with van der Waals surface area (Å²) in [6.07, 6.45) is 1.72. The number of aliphatic carboxylic acids is 1. The van der Waals surface area contributed by atoms with Crippen molar-refractivity contribution in [2.24, 2.45) is 5.92 Å². The van der Waals surface area contributed by atoms with E-state index in [2.05, 4.69) is 4.72 Å². The molecule has 1 aromatic carbocycles. The molecule has 1 atom stereocenters. The molecule has 2 N–H and O–H groups in total. The van der Waals surface area contributed by atoms with E-state index in [9.17, 15) is 13.2 Å². The van der Waals surface area contributed by atoms with Crippen LogP contribution in [-0.4, -0.2) is 43.4 Å². The molecule has 0 amide bonds. The molecule has 1 aromatic rings. The van der Waals surface area contributed by atoms with E-state index >= 15 is 0 Å². The minimum atomic E-state index is -3.60. The van der Waals surface area contributed by atoms with Crippen LogP contribution in [0, 0.1) is 5.92 Å². The molecule has 1 aliphatic rings. The van der Waals surface area contributed by atoms with Gasteiger partial charge in [0, 0.05) is 19.6 Å². The molecule has 7 heteroatoms. The average Bonchev–Trinajstić information content (AvgIpc) is 2.48. The van der Waals surface area contributed by atoms with E-state index in [0.717, 1.165) is 5.56 Å². The highest BCUT2D eigenvalue weighted by molar-refractivity contribution is 7.87. The Balaban J connectivity index is 1.88. The van der Waals surface area contributed by atoms with Gasteiger partial charge in [0.15, 0.2) is 0 Å². The molecule has 1 saturated heterocycles. The van der Waals surface area contributed by atoms with Crippen molar-refractivity contribution >= 4 is 16.2 Å². The highest BCUT2D eigenvalue weighted by Crippen LogP contribution is 2.18. The van der Waals surface area contributed by atoms with Crippen molar-refractivity contribution in [2.75, 3.05) is 19.6 Å². The zero-order valence-electron chi connectivity index (χ0n) is 11.7. The van der Waals surface area contributed by atoms with Crippen LogP contribution in [0.5, 0.6) is 0 Å². The largest absolute Gasteiger partial charge is 0.481 e. The van der Waals surface area contributed by atoms with Gasteiger partial charge >= 0.3 is 5.97 Å². The minimum absolute atomic E-state index is 0.0516. The molecule has 21 heavy (non-hydrogen) atoms. The van der Waals surface area contributed by atoms with E-state index in [4.69, 9.17) is 5.11 Å². The molecule has 1 heterocycles. The summed E-state index contributed by atoms with van der Waals surface area (Å²) in [4.78, 5) is 11.0. The second-order valence-corrected chi connectivity index (χ2v) is 6.93. The summed E-state index contributed by atoms with van der Waals surface area (Å²) in [6.45, 7) is 0.737. The SMILES string of the molecule is O=C(O)C1CCCN(S(=O)(=O)NCCc2ccccc2)C1. The summed E-state index contributed by atoms with van der Waals surface area (Å²) < 4.78 is 28.1. The predicted molar refractivity (Wildman–Crippen MR) is 79.0 cm³/mol. The topological polar surface area (TPSA) is 86.7 Å². The van der Waals surface area contributed by atoms with Crippen molar-refractivity contribution in [3.05, 3.63) is 35.9 Å². The highest BCUT2D eigenvalue weighted by Gasteiger charge is 2.31. The number of hydrogen-bond acceptors (Lipinski definition) is 3. The van der Waals surface area contributed by atoms with Crippen molar-refractivity contribution in [3.8, 4) is 0 Å². The Bertz CT molecular complexity index is 574. The molecular weight excluding hydrogens is 292 g/mol. The Morgan fingerprint density at radius 1 is 1.33 bits per heavy atom. The van der Waals surface area contributed by atoms with E-state index in [1.165, 1.54) is 4.31 Å². The fourth-order valence-corrected chi connectivity index (χ4v) is 3.71. The molecule has 0 saturated carbocycles. The average molecular weight is 312 g/mol. The molecule has 0 spiro atoms. The van der Waals surface area contributed by atoms with Gasteiger partial charge in [0.1, 0.15) is 0 Å². The molecule has 0 bridgehead atoms. The maximum Gasteiger partial charge on any atom is 0.307 e. The lowest BCUT2D eigenvalue weighted by Crippen LogP contribution is -2.47. The maximum atomic E-state index is 12.2. The van der Waals surface area contributed by atoms with Crippen LogP contribution in [0.2, 0.25) is 0 Å². The second-order valence-electron chi connectivity index (χ2n) is 5.17. The van der Waals surface area contributed by atoms with Crippen LogP contribution < -0.4 is 4.72 Å². The van der Waals surface area contributed by atoms with Crippen LogP contribution in [0.15, 0.2) is 30.3 Å². The van der Waals surface area contributed by atoms with E-state index < -0.39 is 22.1 Å². The maximum absolute atomic E-state index is 12.2. The first-order chi connectivity index (χ1) is 9.99. The zero-order chi connectivity index (χ0) is 15.3. The third kappa shape index (κ3) is 4.52. The molecule has 1 fully saturated rings. The van der Waals surface area contributed by atoms with E-state index in [1.54, 1.807) is 0 Å². The molecule has 1 unspecified atom stereocenters. The summed E-state index contributed by atoms with van der Waals surface area (Å²) in [5.41, 5.74) is 1.06. The van der Waals surface area contributed by atoms with Gasteiger partial charge in [-0.05, 0) is 24.8 Å². The molecular formula is C14H20N2O4S. The Labute approximate surface area is 125 Å². The molecule has 6 nitrogen and oxygen atoms in total. The third-order valence-electron chi connectivity index (χ3n) is 3.61. The van der Waals surface area contributed by atoms with Crippen LogP contribution in [-0.2, 0) is 21.4 Å². The fourth-order valence-electron chi connectivity index (χ4n) is 2.42. The lowest BCUT2D eigenvalue weighted by Gasteiger charge is -2.29. The number of benzene rings is 1. The summed E-state index contributed by atoms with van der Waals surface area (Å²) in [5, 5.41) is 9.00. The van der Waals surface area contributed by atoms with Gasteiger partial charge in [0.05, 0.1) is 5.92 Å². The number of carboxylic acids is 1. The van der Waals surface area contributed by atoms with Crippen molar-refractivity contribution in [1.82, 2.24) is 9.03 Å². The molecule has 0 aromatic heterocycles. The van der Waals surface area contributed by atoms with Gasteiger partial charge in [0.2, 0.25) is 0 Å². The van der Waals surface area contributed by atoms with E-state index in [0.29, 0.717) is 32.4 Å². The fraction of sp³-hybridized carbons (Fsp3) is 0.500.